The highest BCUT2D eigenvalue weighted by atomic mass is 16.6. The van der Waals surface area contributed by atoms with Crippen LogP contribution in [0.15, 0.2) is 18.2 Å². The SMILES string of the molecule is CCCC1CC1Nc1cccc(C#N)c1[N+](=O)[O-]. The summed E-state index contributed by atoms with van der Waals surface area (Å²) in [6, 6.07) is 6.99. The van der Waals surface area contributed by atoms with Crippen molar-refractivity contribution in [3.05, 3.63) is 33.9 Å². The second-order valence-corrected chi connectivity index (χ2v) is 4.61. The zero-order valence-electron chi connectivity index (χ0n) is 10.2. The molecule has 0 spiro atoms. The van der Waals surface area contributed by atoms with E-state index in [2.05, 4.69) is 12.2 Å². The molecule has 0 aromatic heterocycles. The molecule has 0 saturated heterocycles. The number of rotatable bonds is 5. The summed E-state index contributed by atoms with van der Waals surface area (Å²) in [5, 5.41) is 23.1. The molecule has 0 aliphatic heterocycles. The van der Waals surface area contributed by atoms with E-state index in [1.165, 1.54) is 6.07 Å². The molecule has 0 heterocycles. The van der Waals surface area contributed by atoms with Crippen molar-refractivity contribution in [1.29, 1.82) is 5.26 Å². The fourth-order valence-electron chi connectivity index (χ4n) is 2.26. The third kappa shape index (κ3) is 2.43. The lowest BCUT2D eigenvalue weighted by molar-refractivity contribution is -0.384. The van der Waals surface area contributed by atoms with Crippen molar-refractivity contribution < 1.29 is 4.92 Å². The smallest absolute Gasteiger partial charge is 0.309 e. The maximum atomic E-state index is 11.0. The largest absolute Gasteiger partial charge is 0.376 e. The molecule has 2 unspecified atom stereocenters. The number of nitrogens with one attached hydrogen (secondary N) is 1. The molecule has 1 saturated carbocycles. The predicted octanol–water partition coefficient (Wildman–Crippen LogP) is 3.07. The molecule has 1 aliphatic carbocycles. The summed E-state index contributed by atoms with van der Waals surface area (Å²) in [7, 11) is 0. The summed E-state index contributed by atoms with van der Waals surface area (Å²) >= 11 is 0. The number of anilines is 1. The molecule has 1 aliphatic rings. The quantitative estimate of drug-likeness (QED) is 0.638. The topological polar surface area (TPSA) is 79.0 Å². The zero-order chi connectivity index (χ0) is 13.1. The van der Waals surface area contributed by atoms with Crippen LogP contribution in [0, 0.1) is 27.4 Å². The van der Waals surface area contributed by atoms with Gasteiger partial charge in [0.1, 0.15) is 17.3 Å². The summed E-state index contributed by atoms with van der Waals surface area (Å²) in [4.78, 5) is 10.5. The molecule has 18 heavy (non-hydrogen) atoms. The molecule has 2 rings (SSSR count). The van der Waals surface area contributed by atoms with Crippen LogP contribution in [0.4, 0.5) is 11.4 Å². The van der Waals surface area contributed by atoms with Gasteiger partial charge in [-0.3, -0.25) is 10.1 Å². The summed E-state index contributed by atoms with van der Waals surface area (Å²) in [5.74, 6) is 0.611. The molecule has 1 aromatic rings. The number of nitro groups is 1. The molecule has 5 heteroatoms. The van der Waals surface area contributed by atoms with Crippen molar-refractivity contribution in [2.24, 2.45) is 5.92 Å². The molecule has 1 aromatic carbocycles. The van der Waals surface area contributed by atoms with E-state index in [0.717, 1.165) is 19.3 Å². The van der Waals surface area contributed by atoms with E-state index >= 15 is 0 Å². The van der Waals surface area contributed by atoms with E-state index < -0.39 is 4.92 Å². The Bertz CT molecular complexity index is 507. The molecular weight excluding hydrogens is 230 g/mol. The van der Waals surface area contributed by atoms with Crippen LogP contribution in [0.5, 0.6) is 0 Å². The van der Waals surface area contributed by atoms with E-state index in [0.29, 0.717) is 17.6 Å². The van der Waals surface area contributed by atoms with Crippen LogP contribution in [-0.4, -0.2) is 11.0 Å². The van der Waals surface area contributed by atoms with Gasteiger partial charge in [0.15, 0.2) is 0 Å². The Morgan fingerprint density at radius 1 is 1.61 bits per heavy atom. The highest BCUT2D eigenvalue weighted by molar-refractivity contribution is 5.69. The summed E-state index contributed by atoms with van der Waals surface area (Å²) in [6.45, 7) is 2.13. The van der Waals surface area contributed by atoms with Gasteiger partial charge < -0.3 is 5.32 Å². The van der Waals surface area contributed by atoms with E-state index in [9.17, 15) is 10.1 Å². The summed E-state index contributed by atoms with van der Waals surface area (Å²) < 4.78 is 0. The van der Waals surface area contributed by atoms with Gasteiger partial charge in [-0.05, 0) is 30.9 Å². The number of hydrogen-bond donors (Lipinski definition) is 1. The Morgan fingerprint density at radius 2 is 2.39 bits per heavy atom. The van der Waals surface area contributed by atoms with Gasteiger partial charge in [0.2, 0.25) is 0 Å². The van der Waals surface area contributed by atoms with Gasteiger partial charge in [0.05, 0.1) is 4.92 Å². The standard InChI is InChI=1S/C13H15N3O2/c1-2-4-9-7-12(9)15-11-6-3-5-10(8-14)13(11)16(17)18/h3,5-6,9,12,15H,2,4,7H2,1H3. The van der Waals surface area contributed by atoms with Crippen molar-refractivity contribution in [3.63, 3.8) is 0 Å². The lowest BCUT2D eigenvalue weighted by Crippen LogP contribution is -2.07. The lowest BCUT2D eigenvalue weighted by Gasteiger charge is -2.07. The highest BCUT2D eigenvalue weighted by Gasteiger charge is 2.37. The zero-order valence-corrected chi connectivity index (χ0v) is 10.2. The van der Waals surface area contributed by atoms with Gasteiger partial charge in [-0.25, -0.2) is 0 Å². The van der Waals surface area contributed by atoms with Crippen LogP contribution >= 0.6 is 0 Å². The first kappa shape index (κ1) is 12.4. The monoisotopic (exact) mass is 245 g/mol. The van der Waals surface area contributed by atoms with Crippen molar-refractivity contribution >= 4 is 11.4 Å². The van der Waals surface area contributed by atoms with Gasteiger partial charge in [-0.1, -0.05) is 19.4 Å². The molecule has 1 N–H and O–H groups in total. The van der Waals surface area contributed by atoms with E-state index in [1.54, 1.807) is 12.1 Å². The number of nitriles is 1. The van der Waals surface area contributed by atoms with Gasteiger partial charge in [0.25, 0.3) is 0 Å². The number of hydrogen-bond acceptors (Lipinski definition) is 4. The average Bonchev–Trinajstić information content (AvgIpc) is 3.07. The van der Waals surface area contributed by atoms with Crippen molar-refractivity contribution in [1.82, 2.24) is 0 Å². The first-order valence-electron chi connectivity index (χ1n) is 6.11. The second-order valence-electron chi connectivity index (χ2n) is 4.61. The van der Waals surface area contributed by atoms with Crippen LogP contribution < -0.4 is 5.32 Å². The van der Waals surface area contributed by atoms with Crippen LogP contribution in [-0.2, 0) is 0 Å². The minimum Gasteiger partial charge on any atom is -0.376 e. The molecule has 0 bridgehead atoms. The Hall–Kier alpha value is -2.09. The molecule has 0 radical (unpaired) electrons. The van der Waals surface area contributed by atoms with E-state index in [-0.39, 0.29) is 11.3 Å². The molecule has 2 atom stereocenters. The molecule has 1 fully saturated rings. The third-order valence-corrected chi connectivity index (χ3v) is 3.26. The van der Waals surface area contributed by atoms with Gasteiger partial charge >= 0.3 is 5.69 Å². The molecular formula is C13H15N3O2. The molecule has 5 nitrogen and oxygen atoms in total. The maximum Gasteiger partial charge on any atom is 0.309 e. The van der Waals surface area contributed by atoms with Crippen LogP contribution in [0.2, 0.25) is 0 Å². The maximum absolute atomic E-state index is 11.0. The van der Waals surface area contributed by atoms with E-state index in [4.69, 9.17) is 5.26 Å². The minimum absolute atomic E-state index is 0.109. The highest BCUT2D eigenvalue weighted by Crippen LogP contribution is 2.39. The van der Waals surface area contributed by atoms with Crippen molar-refractivity contribution in [2.45, 2.75) is 32.2 Å². The predicted molar refractivity (Wildman–Crippen MR) is 68.2 cm³/mol. The lowest BCUT2D eigenvalue weighted by atomic mass is 10.1. The number of para-hydroxylation sites is 1. The minimum atomic E-state index is -0.488. The Labute approximate surface area is 106 Å². The first-order valence-corrected chi connectivity index (χ1v) is 6.11. The van der Waals surface area contributed by atoms with Gasteiger partial charge in [0, 0.05) is 6.04 Å². The Balaban J connectivity index is 2.19. The summed E-state index contributed by atoms with van der Waals surface area (Å²) in [5.41, 5.74) is 0.461. The van der Waals surface area contributed by atoms with Crippen LogP contribution in [0.1, 0.15) is 31.7 Å². The Kier molecular flexibility index (Phi) is 3.47. The van der Waals surface area contributed by atoms with Gasteiger partial charge in [-0.15, -0.1) is 0 Å². The third-order valence-electron chi connectivity index (χ3n) is 3.26. The normalized spacial score (nSPS) is 21.1. The van der Waals surface area contributed by atoms with Gasteiger partial charge in [-0.2, -0.15) is 5.26 Å². The fraction of sp³-hybridized carbons (Fsp3) is 0.462. The van der Waals surface area contributed by atoms with Crippen LogP contribution in [0.3, 0.4) is 0 Å². The van der Waals surface area contributed by atoms with Crippen LogP contribution in [0.25, 0.3) is 0 Å². The van der Waals surface area contributed by atoms with E-state index in [1.807, 2.05) is 6.07 Å². The molecule has 94 valence electrons. The number of benzene rings is 1. The average molecular weight is 245 g/mol. The Morgan fingerprint density at radius 3 is 3.00 bits per heavy atom. The van der Waals surface area contributed by atoms with Crippen molar-refractivity contribution in [3.8, 4) is 6.07 Å². The summed E-state index contributed by atoms with van der Waals surface area (Å²) in [6.07, 6.45) is 3.33. The number of nitro benzene ring substituents is 1. The fourth-order valence-corrected chi connectivity index (χ4v) is 2.26. The second kappa shape index (κ2) is 5.05. The van der Waals surface area contributed by atoms with Crippen molar-refractivity contribution in [2.75, 3.05) is 5.32 Å². The molecule has 0 amide bonds. The first-order chi connectivity index (χ1) is 8.67. The number of nitrogens with zero attached hydrogens (tertiary/aromatic N) is 2.